The van der Waals surface area contributed by atoms with E-state index in [0.29, 0.717) is 6.54 Å². The first-order chi connectivity index (χ1) is 8.01. The van der Waals surface area contributed by atoms with Crippen LogP contribution < -0.4 is 5.32 Å². The highest BCUT2D eigenvalue weighted by molar-refractivity contribution is 5.75. The Morgan fingerprint density at radius 1 is 1.35 bits per heavy atom. The highest BCUT2D eigenvalue weighted by atomic mass is 16.5. The number of nitrogens with one attached hydrogen (secondary N) is 1. The number of rotatable bonds is 9. The first-order valence-electron chi connectivity index (χ1n) is 6.53. The van der Waals surface area contributed by atoms with Crippen molar-refractivity contribution < 1.29 is 9.53 Å². The Bertz CT molecular complexity index is 208. The second-order valence-corrected chi connectivity index (χ2v) is 4.87. The van der Waals surface area contributed by atoms with E-state index in [2.05, 4.69) is 17.1 Å². The van der Waals surface area contributed by atoms with E-state index in [1.807, 2.05) is 20.9 Å². The lowest BCUT2D eigenvalue weighted by Gasteiger charge is -2.24. The van der Waals surface area contributed by atoms with Gasteiger partial charge < -0.3 is 15.0 Å². The molecule has 0 spiro atoms. The molecule has 4 nitrogen and oxygen atoms in total. The number of carbonyl (C=O) groups is 1. The molecule has 0 aliphatic heterocycles. The van der Waals surface area contributed by atoms with Gasteiger partial charge >= 0.3 is 5.97 Å². The Morgan fingerprint density at radius 3 is 2.47 bits per heavy atom. The number of esters is 1. The molecule has 0 radical (unpaired) electrons. The molecule has 17 heavy (non-hydrogen) atoms. The molecular formula is C13H28N2O2. The van der Waals surface area contributed by atoms with Gasteiger partial charge in [0, 0.05) is 12.6 Å². The number of methoxy groups -OCH3 is 1. The van der Waals surface area contributed by atoms with E-state index in [0.717, 1.165) is 6.54 Å². The summed E-state index contributed by atoms with van der Waals surface area (Å²) in [7, 11) is 3.49. The van der Waals surface area contributed by atoms with Gasteiger partial charge in [-0.05, 0) is 20.0 Å². The Labute approximate surface area is 106 Å². The first-order valence-corrected chi connectivity index (χ1v) is 6.53. The van der Waals surface area contributed by atoms with Gasteiger partial charge in [-0.2, -0.15) is 0 Å². The van der Waals surface area contributed by atoms with Crippen molar-refractivity contribution in [1.82, 2.24) is 10.2 Å². The molecule has 0 aliphatic carbocycles. The van der Waals surface area contributed by atoms with E-state index in [9.17, 15) is 4.79 Å². The zero-order valence-electron chi connectivity index (χ0n) is 12.0. The van der Waals surface area contributed by atoms with E-state index in [1.54, 1.807) is 0 Å². The average Bonchev–Trinajstić information content (AvgIpc) is 2.27. The molecule has 0 heterocycles. The zero-order valence-corrected chi connectivity index (χ0v) is 12.0. The summed E-state index contributed by atoms with van der Waals surface area (Å²) in [5.41, 5.74) is 0. The van der Waals surface area contributed by atoms with Gasteiger partial charge in [-0.25, -0.2) is 0 Å². The molecule has 4 heteroatoms. The van der Waals surface area contributed by atoms with Crippen LogP contribution in [0.4, 0.5) is 0 Å². The number of carbonyl (C=O) groups excluding carboxylic acids is 1. The molecule has 1 unspecified atom stereocenters. The number of hydrogen-bond acceptors (Lipinski definition) is 4. The van der Waals surface area contributed by atoms with Crippen LogP contribution in [-0.4, -0.2) is 50.2 Å². The molecule has 0 fully saturated rings. The maximum atomic E-state index is 11.6. The summed E-state index contributed by atoms with van der Waals surface area (Å²) in [4.78, 5) is 13.8. The topological polar surface area (TPSA) is 41.6 Å². The molecule has 0 saturated heterocycles. The van der Waals surface area contributed by atoms with Crippen molar-refractivity contribution in [1.29, 1.82) is 0 Å². The summed E-state index contributed by atoms with van der Waals surface area (Å²) in [5.74, 6) is -0.180. The largest absolute Gasteiger partial charge is 0.468 e. The molecule has 0 aliphatic rings. The van der Waals surface area contributed by atoms with Gasteiger partial charge in [0.15, 0.2) is 0 Å². The fraction of sp³-hybridized carbons (Fsp3) is 0.923. The monoisotopic (exact) mass is 244 g/mol. The molecule has 0 aromatic rings. The van der Waals surface area contributed by atoms with Crippen LogP contribution in [0.5, 0.6) is 0 Å². The summed E-state index contributed by atoms with van der Waals surface area (Å²) >= 11 is 0. The highest BCUT2D eigenvalue weighted by Gasteiger charge is 2.21. The lowest BCUT2D eigenvalue weighted by molar-refractivity contribution is -0.143. The average molecular weight is 244 g/mol. The van der Waals surface area contributed by atoms with E-state index >= 15 is 0 Å². The highest BCUT2D eigenvalue weighted by Crippen LogP contribution is 1.99. The van der Waals surface area contributed by atoms with E-state index < -0.39 is 0 Å². The zero-order chi connectivity index (χ0) is 13.3. The fourth-order valence-electron chi connectivity index (χ4n) is 1.77. The molecule has 0 saturated carbocycles. The first kappa shape index (κ1) is 16.4. The molecule has 102 valence electrons. The lowest BCUT2D eigenvalue weighted by atomic mass is 10.2. The number of nitrogens with zero attached hydrogens (tertiary/aromatic N) is 1. The van der Waals surface area contributed by atoms with Crippen LogP contribution in [0.15, 0.2) is 0 Å². The van der Waals surface area contributed by atoms with Gasteiger partial charge in [-0.3, -0.25) is 4.79 Å². The minimum absolute atomic E-state index is 0.180. The summed E-state index contributed by atoms with van der Waals surface area (Å²) in [6, 6.07) is 0.0507. The molecular weight excluding hydrogens is 216 g/mol. The fourth-order valence-corrected chi connectivity index (χ4v) is 1.77. The maximum absolute atomic E-state index is 11.6. The smallest absolute Gasteiger partial charge is 0.324 e. The summed E-state index contributed by atoms with van der Waals surface area (Å²) in [5, 5.41) is 3.24. The molecule has 1 atom stereocenters. The summed E-state index contributed by atoms with van der Waals surface area (Å²) < 4.78 is 4.81. The number of hydrogen-bond donors (Lipinski definition) is 1. The molecule has 0 aromatic carbocycles. The van der Waals surface area contributed by atoms with Crippen LogP contribution in [0, 0.1) is 0 Å². The minimum Gasteiger partial charge on any atom is -0.468 e. The SMILES string of the molecule is CCCCCN(C)CC(NC(C)C)C(=O)OC. The van der Waals surface area contributed by atoms with Crippen molar-refractivity contribution in [3.63, 3.8) is 0 Å². The van der Waals surface area contributed by atoms with E-state index in [4.69, 9.17) is 4.74 Å². The van der Waals surface area contributed by atoms with Gasteiger partial charge in [0.05, 0.1) is 7.11 Å². The van der Waals surface area contributed by atoms with Gasteiger partial charge in [0.2, 0.25) is 0 Å². The van der Waals surface area contributed by atoms with Gasteiger partial charge in [-0.1, -0.05) is 33.6 Å². The third-order valence-electron chi connectivity index (χ3n) is 2.66. The molecule has 0 rings (SSSR count). The van der Waals surface area contributed by atoms with Gasteiger partial charge in [0.25, 0.3) is 0 Å². The van der Waals surface area contributed by atoms with Crippen molar-refractivity contribution in [2.24, 2.45) is 0 Å². The summed E-state index contributed by atoms with van der Waals surface area (Å²) in [6.07, 6.45) is 3.64. The van der Waals surface area contributed by atoms with Crippen molar-refractivity contribution >= 4 is 5.97 Å². The number of unbranched alkanes of at least 4 members (excludes halogenated alkanes) is 2. The van der Waals surface area contributed by atoms with Gasteiger partial charge in [0.1, 0.15) is 6.04 Å². The lowest BCUT2D eigenvalue weighted by Crippen LogP contribution is -2.48. The quantitative estimate of drug-likeness (QED) is 0.494. The Kier molecular flexibility index (Phi) is 9.09. The predicted molar refractivity (Wildman–Crippen MR) is 71.1 cm³/mol. The van der Waals surface area contributed by atoms with Crippen molar-refractivity contribution in [3.8, 4) is 0 Å². The maximum Gasteiger partial charge on any atom is 0.324 e. The standard InChI is InChI=1S/C13H28N2O2/c1-6-7-8-9-15(4)10-12(13(16)17-5)14-11(2)3/h11-12,14H,6-10H2,1-5H3. The second kappa shape index (κ2) is 9.42. The third-order valence-corrected chi connectivity index (χ3v) is 2.66. The van der Waals surface area contributed by atoms with E-state index in [-0.39, 0.29) is 18.1 Å². The van der Waals surface area contributed by atoms with E-state index in [1.165, 1.54) is 26.4 Å². The van der Waals surface area contributed by atoms with Gasteiger partial charge in [-0.15, -0.1) is 0 Å². The molecule has 0 bridgehead atoms. The summed E-state index contributed by atoms with van der Waals surface area (Å²) in [6.45, 7) is 7.99. The van der Waals surface area contributed by atoms with Crippen molar-refractivity contribution in [2.45, 2.75) is 52.1 Å². The van der Waals surface area contributed by atoms with Crippen LogP contribution in [0.2, 0.25) is 0 Å². The van der Waals surface area contributed by atoms with Crippen LogP contribution >= 0.6 is 0 Å². The van der Waals surface area contributed by atoms with Crippen molar-refractivity contribution in [2.75, 3.05) is 27.2 Å². The number of ether oxygens (including phenoxy) is 1. The second-order valence-electron chi connectivity index (χ2n) is 4.87. The van der Waals surface area contributed by atoms with Crippen molar-refractivity contribution in [3.05, 3.63) is 0 Å². The number of likely N-dealkylation sites (N-methyl/N-ethyl adjacent to an activating group) is 1. The van der Waals surface area contributed by atoms with Crippen LogP contribution in [-0.2, 0) is 9.53 Å². The normalized spacial score (nSPS) is 13.1. The molecule has 0 aromatic heterocycles. The van der Waals surface area contributed by atoms with Crippen LogP contribution in [0.25, 0.3) is 0 Å². The minimum atomic E-state index is -0.230. The van der Waals surface area contributed by atoms with Crippen LogP contribution in [0.1, 0.15) is 40.0 Å². The predicted octanol–water partition coefficient (Wildman–Crippen LogP) is 1.65. The Hall–Kier alpha value is -0.610. The Balaban J connectivity index is 4.08. The molecule has 1 N–H and O–H groups in total. The third kappa shape index (κ3) is 8.16. The molecule has 0 amide bonds. The Morgan fingerprint density at radius 2 is 2.00 bits per heavy atom. The van der Waals surface area contributed by atoms with Crippen LogP contribution in [0.3, 0.4) is 0 Å².